The van der Waals surface area contributed by atoms with Gasteiger partial charge in [0.15, 0.2) is 16.5 Å². The van der Waals surface area contributed by atoms with Gasteiger partial charge in [-0.2, -0.15) is 0 Å². The van der Waals surface area contributed by atoms with E-state index in [1.54, 1.807) is 37.6 Å². The van der Waals surface area contributed by atoms with Gasteiger partial charge in [0.05, 0.1) is 18.1 Å². The molecule has 4 heterocycles. The Labute approximate surface area is 251 Å². The maximum atomic E-state index is 16.1. The average Bonchev–Trinajstić information content (AvgIpc) is 3.44. The summed E-state index contributed by atoms with van der Waals surface area (Å²) in [5, 5.41) is 14.9. The van der Waals surface area contributed by atoms with Crippen LogP contribution in [0.1, 0.15) is 41.9 Å². The van der Waals surface area contributed by atoms with Gasteiger partial charge in [-0.3, -0.25) is 19.5 Å². The number of hydrogen-bond donors (Lipinski definition) is 2. The number of nitrogens with one attached hydrogen (secondary N) is 1. The first-order valence-corrected chi connectivity index (χ1v) is 15.3. The number of carbonyl (C=O) groups excluding carboxylic acids is 2. The van der Waals surface area contributed by atoms with Gasteiger partial charge in [-0.05, 0) is 43.4 Å². The number of aromatic nitrogens is 1. The summed E-state index contributed by atoms with van der Waals surface area (Å²) in [7, 11) is 0. The molecule has 1 saturated carbocycles. The SMILES string of the molecule is CCOC(=O)C1=C(CN2CC[C@]3(F)C(=O)N(CC4CC4C(=O)O)C[C@@H]3C2)NC(c2nccs2)=N[C@H]1c1cccc(F)c1C. The van der Waals surface area contributed by atoms with Crippen LogP contribution in [0.25, 0.3) is 0 Å². The molecule has 3 fully saturated rings. The number of aliphatic imine (C=N–C) groups is 1. The lowest BCUT2D eigenvalue weighted by Crippen LogP contribution is -2.52. The Balaban J connectivity index is 1.29. The van der Waals surface area contributed by atoms with Crippen molar-refractivity contribution in [3.8, 4) is 0 Å². The van der Waals surface area contributed by atoms with E-state index in [-0.39, 0.29) is 57.2 Å². The van der Waals surface area contributed by atoms with E-state index in [2.05, 4.69) is 10.3 Å². The lowest BCUT2D eigenvalue weighted by atomic mass is 9.84. The fourth-order valence-corrected chi connectivity index (χ4v) is 7.08. The summed E-state index contributed by atoms with van der Waals surface area (Å²) in [6.07, 6.45) is 2.13. The van der Waals surface area contributed by atoms with Crippen molar-refractivity contribution in [3.05, 3.63) is 63.0 Å². The second-order valence-corrected chi connectivity index (χ2v) is 12.5. The summed E-state index contributed by atoms with van der Waals surface area (Å²) in [6, 6.07) is 3.81. The number of amidine groups is 1. The van der Waals surface area contributed by atoms with Gasteiger partial charge in [-0.25, -0.2) is 18.6 Å². The number of alkyl halides is 1. The number of likely N-dealkylation sites (tertiary alicyclic amines) is 2. The molecular weight excluding hydrogens is 580 g/mol. The Bertz CT molecular complexity index is 1510. The summed E-state index contributed by atoms with van der Waals surface area (Å²) in [5.41, 5.74) is -0.373. The zero-order chi connectivity index (χ0) is 30.5. The highest BCUT2D eigenvalue weighted by Gasteiger charge is 2.58. The molecule has 1 aromatic heterocycles. The van der Waals surface area contributed by atoms with Crippen molar-refractivity contribution in [2.24, 2.45) is 22.7 Å². The smallest absolute Gasteiger partial charge is 0.338 e. The minimum atomic E-state index is -2.00. The van der Waals surface area contributed by atoms with E-state index in [0.29, 0.717) is 34.1 Å². The number of fused-ring (bicyclic) bond motifs is 1. The van der Waals surface area contributed by atoms with Crippen molar-refractivity contribution in [1.29, 1.82) is 0 Å². The molecule has 6 rings (SSSR count). The summed E-state index contributed by atoms with van der Waals surface area (Å²) in [4.78, 5) is 50.5. The van der Waals surface area contributed by atoms with Crippen molar-refractivity contribution >= 4 is 35.0 Å². The van der Waals surface area contributed by atoms with Gasteiger partial charge < -0.3 is 20.1 Å². The molecule has 4 aliphatic rings. The number of ether oxygens (including phenoxy) is 1. The number of carbonyl (C=O) groups is 3. The molecule has 2 unspecified atom stereocenters. The van der Waals surface area contributed by atoms with Crippen molar-refractivity contribution in [1.82, 2.24) is 20.1 Å². The van der Waals surface area contributed by atoms with Gasteiger partial charge in [0, 0.05) is 62.3 Å². The number of hydrogen-bond acceptors (Lipinski definition) is 9. The maximum Gasteiger partial charge on any atom is 0.338 e. The Hall–Kier alpha value is -3.71. The number of amides is 1. The van der Waals surface area contributed by atoms with Crippen LogP contribution in [0.4, 0.5) is 8.78 Å². The normalized spacial score (nSPS) is 28.8. The van der Waals surface area contributed by atoms with Crippen LogP contribution in [0.15, 0.2) is 46.0 Å². The van der Waals surface area contributed by atoms with Crippen LogP contribution in [0.2, 0.25) is 0 Å². The molecule has 1 amide bonds. The summed E-state index contributed by atoms with van der Waals surface area (Å²) < 4.78 is 36.3. The second-order valence-electron chi connectivity index (χ2n) is 11.6. The summed E-state index contributed by atoms with van der Waals surface area (Å²) >= 11 is 1.37. The number of carboxylic acids is 1. The Morgan fingerprint density at radius 3 is 2.81 bits per heavy atom. The number of esters is 1. The molecule has 1 aliphatic carbocycles. The molecule has 2 N–H and O–H groups in total. The first-order valence-electron chi connectivity index (χ1n) is 14.4. The van der Waals surface area contributed by atoms with Crippen LogP contribution in [-0.2, 0) is 19.1 Å². The molecule has 13 heteroatoms. The first kappa shape index (κ1) is 29.4. The van der Waals surface area contributed by atoms with Gasteiger partial charge in [-0.1, -0.05) is 12.1 Å². The number of halogens is 2. The highest BCUT2D eigenvalue weighted by atomic mass is 32.1. The highest BCUT2D eigenvalue weighted by Crippen LogP contribution is 2.45. The van der Waals surface area contributed by atoms with Crippen LogP contribution in [-0.4, -0.2) is 88.6 Å². The predicted octanol–water partition coefficient (Wildman–Crippen LogP) is 3.09. The molecule has 0 bridgehead atoms. The number of thiazole rings is 1. The monoisotopic (exact) mass is 613 g/mol. The van der Waals surface area contributed by atoms with E-state index in [9.17, 15) is 23.9 Å². The molecule has 228 valence electrons. The molecular formula is C30H33F2N5O5S. The molecule has 10 nitrogen and oxygen atoms in total. The van der Waals surface area contributed by atoms with Gasteiger partial charge in [0.2, 0.25) is 0 Å². The molecule has 2 aromatic rings. The molecule has 5 atom stereocenters. The number of piperidine rings is 1. The fraction of sp³-hybridized carbons (Fsp3) is 0.500. The number of carboxylic acid groups (broad SMARTS) is 1. The number of benzene rings is 1. The molecule has 3 aliphatic heterocycles. The van der Waals surface area contributed by atoms with Crippen molar-refractivity contribution in [2.45, 2.75) is 38.4 Å². The number of nitrogens with zero attached hydrogens (tertiary/aromatic N) is 4. The Morgan fingerprint density at radius 2 is 2.12 bits per heavy atom. The average molecular weight is 614 g/mol. The van der Waals surface area contributed by atoms with E-state index in [4.69, 9.17) is 9.73 Å². The topological polar surface area (TPSA) is 124 Å². The lowest BCUT2D eigenvalue weighted by molar-refractivity contribution is -0.142. The van der Waals surface area contributed by atoms with Gasteiger partial charge in [0.25, 0.3) is 5.91 Å². The van der Waals surface area contributed by atoms with E-state index in [0.717, 1.165) is 0 Å². The zero-order valence-corrected chi connectivity index (χ0v) is 24.7. The predicted molar refractivity (Wildman–Crippen MR) is 154 cm³/mol. The third kappa shape index (κ3) is 5.44. The molecule has 43 heavy (non-hydrogen) atoms. The van der Waals surface area contributed by atoms with Crippen LogP contribution < -0.4 is 5.32 Å². The van der Waals surface area contributed by atoms with Gasteiger partial charge in [-0.15, -0.1) is 11.3 Å². The van der Waals surface area contributed by atoms with Crippen LogP contribution in [0, 0.1) is 30.5 Å². The standard InChI is InChI=1S/C30H33F2N5O5S/c1-3-42-28(40)23-22(34-25(26-33-8-10-43-26)35-24(23)19-5-4-6-21(31)16(19)2)15-36-9-7-30(32)18(13-36)14-37(29(30)41)12-17-11-20(17)27(38)39/h4-6,8,10,17-18,20,24H,3,7,9,11-15H2,1-2H3,(H,34,35)(H,38,39)/t17?,18-,20?,24-,30+/m0/s1. The van der Waals surface area contributed by atoms with E-state index >= 15 is 4.39 Å². The summed E-state index contributed by atoms with van der Waals surface area (Å²) in [6.45, 7) is 4.68. The summed E-state index contributed by atoms with van der Waals surface area (Å²) in [5.74, 6) is -3.23. The Kier molecular flexibility index (Phi) is 7.80. The van der Waals surface area contributed by atoms with Crippen LogP contribution in [0.5, 0.6) is 0 Å². The maximum absolute atomic E-state index is 16.1. The fourth-order valence-electron chi connectivity index (χ4n) is 6.49. The highest BCUT2D eigenvalue weighted by molar-refractivity contribution is 7.11. The molecule has 0 radical (unpaired) electrons. The molecule has 0 spiro atoms. The van der Waals surface area contributed by atoms with Crippen molar-refractivity contribution in [3.63, 3.8) is 0 Å². The third-order valence-electron chi connectivity index (χ3n) is 8.94. The van der Waals surface area contributed by atoms with Gasteiger partial charge in [0.1, 0.15) is 11.9 Å². The molecule has 1 aromatic carbocycles. The minimum Gasteiger partial charge on any atom is -0.481 e. The van der Waals surface area contributed by atoms with Crippen LogP contribution in [0.3, 0.4) is 0 Å². The molecule has 2 saturated heterocycles. The van der Waals surface area contributed by atoms with E-state index < -0.39 is 47.2 Å². The third-order valence-corrected chi connectivity index (χ3v) is 9.72. The van der Waals surface area contributed by atoms with E-state index in [1.807, 2.05) is 4.90 Å². The lowest BCUT2D eigenvalue weighted by Gasteiger charge is -2.38. The number of aliphatic carboxylic acids is 1. The van der Waals surface area contributed by atoms with Gasteiger partial charge >= 0.3 is 11.9 Å². The second kappa shape index (κ2) is 11.4. The first-order chi connectivity index (χ1) is 20.6. The minimum absolute atomic E-state index is 0.0120. The largest absolute Gasteiger partial charge is 0.481 e. The quantitative estimate of drug-likeness (QED) is 0.414. The number of rotatable bonds is 9. The zero-order valence-electron chi connectivity index (χ0n) is 23.9. The van der Waals surface area contributed by atoms with E-state index in [1.165, 1.54) is 22.3 Å². The van der Waals surface area contributed by atoms with Crippen molar-refractivity contribution in [2.75, 3.05) is 39.3 Å². The van der Waals surface area contributed by atoms with Crippen LogP contribution >= 0.6 is 11.3 Å². The van der Waals surface area contributed by atoms with Crippen molar-refractivity contribution < 1.29 is 33.0 Å². The Morgan fingerprint density at radius 1 is 1.30 bits per heavy atom.